The lowest BCUT2D eigenvalue weighted by Gasteiger charge is -2.26. The predicted molar refractivity (Wildman–Crippen MR) is 83.7 cm³/mol. The number of hydrogen-bond donors (Lipinski definition) is 1. The van der Waals surface area contributed by atoms with Gasteiger partial charge in [-0.05, 0) is 51.1 Å². The zero-order chi connectivity index (χ0) is 13.8. The maximum absolute atomic E-state index is 9.90. The minimum Gasteiger partial charge on any atom is -0.389 e. The molecule has 0 spiro atoms. The summed E-state index contributed by atoms with van der Waals surface area (Å²) < 4.78 is 1.01. The molecule has 0 amide bonds. The second-order valence-corrected chi connectivity index (χ2v) is 6.27. The Kier molecular flexibility index (Phi) is 5.25. The molecule has 0 saturated carbocycles. The SMILES string of the molecule is CC(O)c1cc(Br)ccc1N(C)CCN1CCCC1. The lowest BCUT2D eigenvalue weighted by molar-refractivity contribution is 0.199. The Bertz CT molecular complexity index is 417. The fourth-order valence-corrected chi connectivity index (χ4v) is 3.00. The molecule has 19 heavy (non-hydrogen) atoms. The molecule has 1 aliphatic rings. The summed E-state index contributed by atoms with van der Waals surface area (Å²) in [6.07, 6.45) is 2.23. The summed E-state index contributed by atoms with van der Waals surface area (Å²) in [6, 6.07) is 6.12. The van der Waals surface area contributed by atoms with Crippen LogP contribution < -0.4 is 4.90 Å². The number of anilines is 1. The van der Waals surface area contributed by atoms with Crippen molar-refractivity contribution >= 4 is 21.6 Å². The largest absolute Gasteiger partial charge is 0.389 e. The summed E-state index contributed by atoms with van der Waals surface area (Å²) >= 11 is 3.47. The molecule has 1 fully saturated rings. The van der Waals surface area contributed by atoms with Crippen molar-refractivity contribution in [2.75, 3.05) is 38.1 Å². The summed E-state index contributed by atoms with van der Waals surface area (Å²) in [5.74, 6) is 0. The predicted octanol–water partition coefficient (Wildman–Crippen LogP) is 3.03. The second-order valence-electron chi connectivity index (χ2n) is 5.35. The third-order valence-corrected chi connectivity index (χ3v) is 4.29. The molecule has 0 aromatic heterocycles. The summed E-state index contributed by atoms with van der Waals surface area (Å²) in [7, 11) is 2.10. The first-order valence-electron chi connectivity index (χ1n) is 6.99. The molecule has 1 heterocycles. The Morgan fingerprint density at radius 3 is 2.68 bits per heavy atom. The van der Waals surface area contributed by atoms with E-state index in [0.717, 1.165) is 28.8 Å². The quantitative estimate of drug-likeness (QED) is 0.900. The second kappa shape index (κ2) is 6.73. The number of halogens is 1. The number of benzene rings is 1. The molecule has 1 aromatic carbocycles. The van der Waals surface area contributed by atoms with Crippen LogP contribution in [0.1, 0.15) is 31.4 Å². The van der Waals surface area contributed by atoms with Gasteiger partial charge in [0.05, 0.1) is 6.10 Å². The zero-order valence-corrected chi connectivity index (χ0v) is 13.4. The monoisotopic (exact) mass is 326 g/mol. The smallest absolute Gasteiger partial charge is 0.0782 e. The van der Waals surface area contributed by atoms with Gasteiger partial charge in [0.15, 0.2) is 0 Å². The van der Waals surface area contributed by atoms with Gasteiger partial charge < -0.3 is 14.9 Å². The van der Waals surface area contributed by atoms with Crippen LogP contribution in [0, 0.1) is 0 Å². The van der Waals surface area contributed by atoms with Gasteiger partial charge in [0, 0.05) is 35.9 Å². The normalized spacial score (nSPS) is 17.7. The molecular formula is C15H23BrN2O. The highest BCUT2D eigenvalue weighted by atomic mass is 79.9. The molecular weight excluding hydrogens is 304 g/mol. The number of aliphatic hydroxyl groups excluding tert-OH is 1. The molecule has 3 nitrogen and oxygen atoms in total. The first-order valence-corrected chi connectivity index (χ1v) is 7.78. The highest BCUT2D eigenvalue weighted by molar-refractivity contribution is 9.10. The first-order chi connectivity index (χ1) is 9.08. The third kappa shape index (κ3) is 3.94. The van der Waals surface area contributed by atoms with Crippen molar-refractivity contribution in [1.29, 1.82) is 0 Å². The number of likely N-dealkylation sites (tertiary alicyclic amines) is 1. The van der Waals surface area contributed by atoms with Gasteiger partial charge >= 0.3 is 0 Å². The Hall–Kier alpha value is -0.580. The van der Waals surface area contributed by atoms with Gasteiger partial charge in [0.1, 0.15) is 0 Å². The highest BCUT2D eigenvalue weighted by Gasteiger charge is 2.15. The summed E-state index contributed by atoms with van der Waals surface area (Å²) in [5.41, 5.74) is 2.11. The van der Waals surface area contributed by atoms with E-state index in [2.05, 4.69) is 38.8 Å². The van der Waals surface area contributed by atoms with Crippen molar-refractivity contribution in [3.8, 4) is 0 Å². The Labute approximate surface area is 124 Å². The van der Waals surface area contributed by atoms with Gasteiger partial charge in [-0.1, -0.05) is 15.9 Å². The van der Waals surface area contributed by atoms with Crippen molar-refractivity contribution in [1.82, 2.24) is 4.90 Å². The summed E-state index contributed by atoms with van der Waals surface area (Å²) in [5, 5.41) is 9.90. The van der Waals surface area contributed by atoms with E-state index in [9.17, 15) is 5.11 Å². The maximum Gasteiger partial charge on any atom is 0.0782 e. The van der Waals surface area contributed by atoms with Crippen molar-refractivity contribution in [3.05, 3.63) is 28.2 Å². The fourth-order valence-electron chi connectivity index (χ4n) is 2.63. The molecule has 0 aliphatic carbocycles. The van der Waals surface area contributed by atoms with Crippen molar-refractivity contribution in [2.45, 2.75) is 25.9 Å². The number of hydrogen-bond acceptors (Lipinski definition) is 3. The van der Waals surface area contributed by atoms with E-state index < -0.39 is 6.10 Å². The molecule has 1 unspecified atom stereocenters. The molecule has 1 atom stereocenters. The number of nitrogens with zero attached hydrogens (tertiary/aromatic N) is 2. The van der Waals surface area contributed by atoms with Crippen LogP contribution in [0.4, 0.5) is 5.69 Å². The van der Waals surface area contributed by atoms with E-state index in [4.69, 9.17) is 0 Å². The van der Waals surface area contributed by atoms with Gasteiger partial charge in [-0.25, -0.2) is 0 Å². The van der Waals surface area contributed by atoms with Crippen LogP contribution in [0.2, 0.25) is 0 Å². The van der Waals surface area contributed by atoms with Gasteiger partial charge in [-0.3, -0.25) is 0 Å². The van der Waals surface area contributed by atoms with Gasteiger partial charge in [-0.15, -0.1) is 0 Å². The summed E-state index contributed by atoms with van der Waals surface area (Å²) in [4.78, 5) is 4.75. The average molecular weight is 327 g/mol. The Morgan fingerprint density at radius 2 is 2.05 bits per heavy atom. The summed E-state index contributed by atoms with van der Waals surface area (Å²) in [6.45, 7) is 6.39. The number of rotatable bonds is 5. The molecule has 4 heteroatoms. The minimum absolute atomic E-state index is 0.443. The maximum atomic E-state index is 9.90. The van der Waals surface area contributed by atoms with E-state index in [1.807, 2.05) is 19.1 Å². The molecule has 1 N–H and O–H groups in total. The van der Waals surface area contributed by atoms with Crippen molar-refractivity contribution in [3.63, 3.8) is 0 Å². The number of likely N-dealkylation sites (N-methyl/N-ethyl adjacent to an activating group) is 1. The lowest BCUT2D eigenvalue weighted by Crippen LogP contribution is -2.31. The van der Waals surface area contributed by atoms with Crippen molar-refractivity contribution in [2.24, 2.45) is 0 Å². The Morgan fingerprint density at radius 1 is 1.37 bits per heavy atom. The van der Waals surface area contributed by atoms with Crippen LogP contribution in [0.15, 0.2) is 22.7 Å². The minimum atomic E-state index is -0.443. The van der Waals surface area contributed by atoms with Crippen LogP contribution in [-0.4, -0.2) is 43.2 Å². The molecule has 106 valence electrons. The molecule has 0 radical (unpaired) electrons. The molecule has 1 aliphatic heterocycles. The van der Waals surface area contributed by atoms with E-state index in [-0.39, 0.29) is 0 Å². The van der Waals surface area contributed by atoms with E-state index in [1.165, 1.54) is 25.9 Å². The average Bonchev–Trinajstić information content (AvgIpc) is 2.88. The van der Waals surface area contributed by atoms with Crippen LogP contribution >= 0.6 is 15.9 Å². The Balaban J connectivity index is 2.02. The van der Waals surface area contributed by atoms with Crippen molar-refractivity contribution < 1.29 is 5.11 Å². The molecule has 1 aromatic rings. The van der Waals surface area contributed by atoms with E-state index in [0.29, 0.717) is 0 Å². The standard InChI is InChI=1S/C15H23BrN2O/c1-12(19)14-11-13(16)5-6-15(14)17(2)9-10-18-7-3-4-8-18/h5-6,11-12,19H,3-4,7-10H2,1-2H3. The van der Waals surface area contributed by atoms with Crippen LogP contribution in [-0.2, 0) is 0 Å². The molecule has 1 saturated heterocycles. The topological polar surface area (TPSA) is 26.7 Å². The molecule has 0 bridgehead atoms. The molecule has 2 rings (SSSR count). The highest BCUT2D eigenvalue weighted by Crippen LogP contribution is 2.28. The van der Waals surface area contributed by atoms with Crippen LogP contribution in [0.5, 0.6) is 0 Å². The van der Waals surface area contributed by atoms with Crippen LogP contribution in [0.3, 0.4) is 0 Å². The van der Waals surface area contributed by atoms with E-state index >= 15 is 0 Å². The lowest BCUT2D eigenvalue weighted by atomic mass is 10.1. The van der Waals surface area contributed by atoms with Gasteiger partial charge in [0.2, 0.25) is 0 Å². The fraction of sp³-hybridized carbons (Fsp3) is 0.600. The third-order valence-electron chi connectivity index (χ3n) is 3.80. The van der Waals surface area contributed by atoms with Gasteiger partial charge in [0.25, 0.3) is 0 Å². The van der Waals surface area contributed by atoms with Crippen LogP contribution in [0.25, 0.3) is 0 Å². The number of aliphatic hydroxyl groups is 1. The van der Waals surface area contributed by atoms with E-state index in [1.54, 1.807) is 0 Å². The first kappa shape index (κ1) is 14.8. The zero-order valence-electron chi connectivity index (χ0n) is 11.8. The van der Waals surface area contributed by atoms with Gasteiger partial charge in [-0.2, -0.15) is 0 Å².